The van der Waals surface area contributed by atoms with Crippen LogP contribution in [0, 0.1) is 0 Å². The van der Waals surface area contributed by atoms with Crippen LogP contribution in [0.5, 0.6) is 0 Å². The Kier molecular flexibility index (Phi) is 14.5. The third kappa shape index (κ3) is 9.73. The van der Waals surface area contributed by atoms with E-state index < -0.39 is 102 Å². The van der Waals surface area contributed by atoms with Crippen LogP contribution in [-0.2, 0) is 55.5 Å². The lowest BCUT2D eigenvalue weighted by Crippen LogP contribution is -2.46. The van der Waals surface area contributed by atoms with Gasteiger partial charge in [0, 0.05) is 0 Å². The van der Waals surface area contributed by atoms with Crippen molar-refractivity contribution in [2.24, 2.45) is 14.1 Å². The van der Waals surface area contributed by atoms with E-state index >= 15 is 0 Å². The van der Waals surface area contributed by atoms with Gasteiger partial charge in [-0.15, -0.1) is 0 Å². The van der Waals surface area contributed by atoms with Crippen LogP contribution in [0.15, 0.2) is 22.2 Å². The third-order valence-electron chi connectivity index (χ3n) is 8.57. The number of phosphoric ester groups is 2. The SMILES string of the molecule is Cn1c[n+]([C@@H]2O[C@H](COP(=O)(O)OCCOCCOP(=O)(O)OC[C@@H]3O[C@H]([n+]4cn(C)c5c(=O)[nH]c(N)nc54)C(O)[C@@H]3O)[C@H](O)C2O)c2nc(N)[nH]c(=O)c21.[NH4+].[NH4+]. The number of nitrogens with zero attached hydrogens (tertiary/aromatic N) is 6. The number of hydrogen-bond donors (Lipinski definition) is 12. The predicted molar refractivity (Wildman–Crippen MR) is 190 cm³/mol. The zero-order chi connectivity index (χ0) is 40.0. The van der Waals surface area contributed by atoms with Crippen molar-refractivity contribution in [1.82, 2.24) is 41.4 Å². The largest absolute Gasteiger partial charge is 0.472 e. The summed E-state index contributed by atoms with van der Waals surface area (Å²) in [5, 5.41) is 42.3. The number of fused-ring (bicyclic) bond motifs is 2. The van der Waals surface area contributed by atoms with Crippen molar-refractivity contribution in [2.45, 2.75) is 49.1 Å². The molecule has 4 aromatic heterocycles. The summed E-state index contributed by atoms with van der Waals surface area (Å²) < 4.78 is 66.2. The van der Waals surface area contributed by atoms with E-state index in [1.54, 1.807) is 14.1 Å². The summed E-state index contributed by atoms with van der Waals surface area (Å²) in [4.78, 5) is 57.6. The molecule has 0 spiro atoms. The molecular weight excluding hydrogens is 814 g/mol. The number of aromatic amines is 2. The molecule has 2 fully saturated rings. The maximum absolute atomic E-state index is 12.4. The van der Waals surface area contributed by atoms with Crippen molar-refractivity contribution in [1.29, 1.82) is 0 Å². The zero-order valence-corrected chi connectivity index (χ0v) is 32.7. The van der Waals surface area contributed by atoms with Crippen molar-refractivity contribution < 1.29 is 80.8 Å². The summed E-state index contributed by atoms with van der Waals surface area (Å²) in [5.41, 5.74) is 10.5. The van der Waals surface area contributed by atoms with Crippen LogP contribution in [0.4, 0.5) is 11.9 Å². The molecule has 6 heterocycles. The van der Waals surface area contributed by atoms with Gasteiger partial charge in [-0.05, 0) is 0 Å². The van der Waals surface area contributed by atoms with Gasteiger partial charge in [0.05, 0.1) is 53.7 Å². The highest BCUT2D eigenvalue weighted by Crippen LogP contribution is 2.45. The molecule has 6 rings (SSSR count). The molecule has 0 aliphatic carbocycles. The lowest BCUT2D eigenvalue weighted by Gasteiger charge is -2.17. The average molecular weight is 863 g/mol. The summed E-state index contributed by atoms with van der Waals surface area (Å²) in [6.45, 7) is -2.96. The first-order valence-corrected chi connectivity index (χ1v) is 19.2. The Hall–Kier alpha value is -3.84. The molecule has 0 saturated carbocycles. The van der Waals surface area contributed by atoms with Gasteiger partial charge < -0.3 is 68.2 Å². The van der Waals surface area contributed by atoms with E-state index in [-0.39, 0.29) is 59.7 Å². The van der Waals surface area contributed by atoms with E-state index in [0.29, 0.717) is 0 Å². The standard InChI is InChI=1S/C26H38N10O17P2.2H3N/c1-33-9-35(19-13(33)21(41)31-25(27)29-19)23-17(39)15(37)11(52-23)7-50-54(43,44)48-5-3-47-4-6-49-55(45,46)51-8-12-16(38)18(40)24(53-12)36-10-34(2)14-20(36)30-26(28)32-22(14)42;;/h9-12,15-18,23-24,37-40H,3-8H2,1-2H3,(H6-2,27,28,29,30,31,32,41,42,43,44,45,46);2*1H3/p+4/t11-,12+,15+,16-,17?,18?,23-,24+;;. The van der Waals surface area contributed by atoms with Crippen LogP contribution >= 0.6 is 15.6 Å². The van der Waals surface area contributed by atoms with Crippen molar-refractivity contribution in [3.63, 3.8) is 0 Å². The second-order valence-electron chi connectivity index (χ2n) is 12.4. The van der Waals surface area contributed by atoms with E-state index in [2.05, 4.69) is 19.9 Å². The van der Waals surface area contributed by atoms with Gasteiger partial charge in [0.2, 0.25) is 23.5 Å². The highest BCUT2D eigenvalue weighted by atomic mass is 31.2. The molecule has 0 radical (unpaired) electrons. The number of nitrogen functional groups attached to an aromatic ring is 2. The first kappa shape index (κ1) is 45.9. The highest BCUT2D eigenvalue weighted by molar-refractivity contribution is 7.47. The first-order valence-electron chi connectivity index (χ1n) is 16.2. The number of aliphatic hydroxyl groups excluding tert-OH is 4. The second-order valence-corrected chi connectivity index (χ2v) is 15.3. The highest BCUT2D eigenvalue weighted by Gasteiger charge is 2.49. The van der Waals surface area contributed by atoms with E-state index in [1.807, 2.05) is 0 Å². The van der Waals surface area contributed by atoms with Crippen LogP contribution in [0.1, 0.15) is 12.5 Å². The Morgan fingerprint density at radius 1 is 0.702 bits per heavy atom. The van der Waals surface area contributed by atoms with E-state index in [0.717, 1.165) is 0 Å². The molecule has 2 saturated heterocycles. The fourth-order valence-corrected chi connectivity index (χ4v) is 7.47. The van der Waals surface area contributed by atoms with Crippen molar-refractivity contribution in [2.75, 3.05) is 51.1 Å². The number of hydrogen-bond acceptors (Lipinski definition) is 19. The maximum atomic E-state index is 12.4. The number of aliphatic hydroxyl groups is 4. The minimum absolute atomic E-state index is 0. The summed E-state index contributed by atoms with van der Waals surface area (Å²) in [5.74, 6) is -0.397. The molecule has 4 unspecified atom stereocenters. The summed E-state index contributed by atoms with van der Waals surface area (Å²) in [7, 11) is -6.39. The molecule has 0 bridgehead atoms. The molecule has 320 valence electrons. The van der Waals surface area contributed by atoms with E-state index in [9.17, 15) is 48.9 Å². The summed E-state index contributed by atoms with van der Waals surface area (Å²) >= 11 is 0. The quantitative estimate of drug-likeness (QED) is 0.0287. The number of nitrogens with one attached hydrogen (secondary N) is 2. The van der Waals surface area contributed by atoms with Gasteiger partial charge in [0.1, 0.15) is 36.6 Å². The molecule has 4 aromatic rings. The van der Waals surface area contributed by atoms with Gasteiger partial charge in [0.25, 0.3) is 23.0 Å². The minimum atomic E-state index is -4.73. The topological polar surface area (TPSA) is 454 Å². The minimum Gasteiger partial charge on any atom is -0.387 e. The Bertz CT molecular complexity index is 2100. The molecular formula is C26H48N12O17P2+4. The number of H-pyrrole nitrogens is 2. The lowest BCUT2D eigenvalue weighted by molar-refractivity contribution is -0.746. The number of phosphoric acid groups is 2. The number of aryl methyl sites for hydroxylation is 2. The maximum Gasteiger partial charge on any atom is 0.472 e. The Balaban J connectivity index is 0.00000360. The molecule has 57 heavy (non-hydrogen) atoms. The van der Waals surface area contributed by atoms with Gasteiger partial charge in [-0.2, -0.15) is 0 Å². The number of imidazole rings is 2. The molecule has 10 atom stereocenters. The van der Waals surface area contributed by atoms with Gasteiger partial charge in [-0.3, -0.25) is 46.8 Å². The average Bonchev–Trinajstić information content (AvgIpc) is 3.79. The number of aromatic nitrogens is 8. The molecule has 2 aliphatic heterocycles. The van der Waals surface area contributed by atoms with E-state index in [4.69, 9.17) is 43.8 Å². The van der Waals surface area contributed by atoms with Gasteiger partial charge in [0.15, 0.2) is 12.7 Å². The van der Waals surface area contributed by atoms with Crippen LogP contribution in [0.25, 0.3) is 22.3 Å². The number of ether oxygens (including phenoxy) is 3. The number of nitrogens with two attached hydrogens (primary N) is 2. The molecule has 31 heteroatoms. The molecule has 0 amide bonds. The molecule has 20 N–H and O–H groups in total. The van der Waals surface area contributed by atoms with Gasteiger partial charge in [-0.25, -0.2) is 18.3 Å². The van der Waals surface area contributed by atoms with Crippen molar-refractivity contribution in [3.05, 3.63) is 33.4 Å². The molecule has 2 aliphatic rings. The Labute approximate surface area is 319 Å². The monoisotopic (exact) mass is 862 g/mol. The second kappa shape index (κ2) is 18.0. The first-order chi connectivity index (χ1) is 25.9. The third-order valence-corrected chi connectivity index (χ3v) is 10.5. The molecule has 29 nitrogen and oxygen atoms in total. The smallest absolute Gasteiger partial charge is 0.387 e. The fraction of sp³-hybridized carbons (Fsp3) is 0.615. The predicted octanol–water partition coefficient (Wildman–Crippen LogP) is -4.45. The van der Waals surface area contributed by atoms with Crippen molar-refractivity contribution >= 4 is 49.9 Å². The summed E-state index contributed by atoms with van der Waals surface area (Å²) in [6.07, 6.45) is -8.66. The van der Waals surface area contributed by atoms with Crippen LogP contribution < -0.4 is 44.0 Å². The molecule has 0 aromatic carbocycles. The lowest BCUT2D eigenvalue weighted by atomic mass is 10.1. The number of rotatable bonds is 16. The zero-order valence-electron chi connectivity index (χ0n) is 30.9. The Morgan fingerprint density at radius 3 is 1.44 bits per heavy atom. The van der Waals surface area contributed by atoms with E-state index in [1.165, 1.54) is 30.9 Å². The fourth-order valence-electron chi connectivity index (χ4n) is 6.04. The van der Waals surface area contributed by atoms with Crippen LogP contribution in [0.2, 0.25) is 0 Å². The summed E-state index contributed by atoms with van der Waals surface area (Å²) in [6, 6.07) is 0. The van der Waals surface area contributed by atoms with Crippen molar-refractivity contribution in [3.8, 4) is 0 Å². The van der Waals surface area contributed by atoms with Gasteiger partial charge in [-0.1, -0.05) is 9.97 Å². The van der Waals surface area contributed by atoms with Crippen LogP contribution in [0.3, 0.4) is 0 Å². The van der Waals surface area contributed by atoms with Crippen LogP contribution in [-0.4, -0.2) is 136 Å². The number of anilines is 2. The normalized spacial score (nSPS) is 26.9. The number of quaternary nitrogens is 2. The van der Waals surface area contributed by atoms with Gasteiger partial charge >= 0.3 is 26.9 Å². The Morgan fingerprint density at radius 2 is 1.07 bits per heavy atom.